The van der Waals surface area contributed by atoms with Gasteiger partial charge in [0.15, 0.2) is 0 Å². The molecule has 1 aromatic heterocycles. The fourth-order valence-corrected chi connectivity index (χ4v) is 2.61. The van der Waals surface area contributed by atoms with Crippen LogP contribution in [0.3, 0.4) is 0 Å². The van der Waals surface area contributed by atoms with Crippen LogP contribution in [0.15, 0.2) is 12.1 Å². The van der Waals surface area contributed by atoms with Gasteiger partial charge in [-0.05, 0) is 31.9 Å². The molecule has 114 valence electrons. The van der Waals surface area contributed by atoms with Gasteiger partial charge in [-0.1, -0.05) is 6.92 Å². The minimum atomic E-state index is -1.04. The van der Waals surface area contributed by atoms with E-state index in [1.54, 1.807) is 6.92 Å². The van der Waals surface area contributed by atoms with Crippen LogP contribution in [-0.2, 0) is 4.74 Å². The van der Waals surface area contributed by atoms with Crippen LogP contribution in [0.4, 0.5) is 0 Å². The lowest BCUT2D eigenvalue weighted by atomic mass is 9.99. The quantitative estimate of drug-likeness (QED) is 0.861. The summed E-state index contributed by atoms with van der Waals surface area (Å²) in [5, 5.41) is 11.8. The minimum Gasteiger partial charge on any atom is -0.478 e. The minimum absolute atomic E-state index is 0.113. The van der Waals surface area contributed by atoms with Gasteiger partial charge in [0.25, 0.3) is 5.91 Å². The van der Waals surface area contributed by atoms with E-state index in [0.29, 0.717) is 18.2 Å². The molecule has 2 unspecified atom stereocenters. The number of rotatable bonds is 5. The number of ether oxygens (including phenoxy) is 1. The average molecular weight is 292 g/mol. The Morgan fingerprint density at radius 3 is 2.86 bits per heavy atom. The van der Waals surface area contributed by atoms with Crippen molar-refractivity contribution in [3.05, 3.63) is 29.1 Å². The Hall–Kier alpha value is -1.95. The van der Waals surface area contributed by atoms with Crippen LogP contribution in [0.5, 0.6) is 0 Å². The number of hydrogen-bond acceptors (Lipinski definition) is 4. The lowest BCUT2D eigenvalue weighted by Crippen LogP contribution is -2.33. The number of amides is 1. The molecule has 2 atom stereocenters. The molecule has 1 amide bonds. The molecule has 0 aromatic carbocycles. The Morgan fingerprint density at radius 1 is 1.48 bits per heavy atom. The van der Waals surface area contributed by atoms with Crippen LogP contribution in [0.2, 0.25) is 0 Å². The van der Waals surface area contributed by atoms with Gasteiger partial charge in [0, 0.05) is 19.1 Å². The molecule has 1 aliphatic rings. The Kier molecular flexibility index (Phi) is 4.90. The SMILES string of the molecule is CCC1OCCC1CNC(=O)c1ccc(C(=O)O)c(C)n1. The number of nitrogens with one attached hydrogen (secondary N) is 1. The van der Waals surface area contributed by atoms with Gasteiger partial charge in [-0.2, -0.15) is 0 Å². The van der Waals surface area contributed by atoms with Gasteiger partial charge in [-0.3, -0.25) is 4.79 Å². The third-order valence-corrected chi connectivity index (χ3v) is 3.82. The summed E-state index contributed by atoms with van der Waals surface area (Å²) in [6.45, 7) is 4.95. The first kappa shape index (κ1) is 15.4. The predicted octanol–water partition coefficient (Wildman–Crippen LogP) is 1.63. The summed E-state index contributed by atoms with van der Waals surface area (Å²) in [4.78, 5) is 27.0. The normalized spacial score (nSPS) is 21.2. The summed E-state index contributed by atoms with van der Waals surface area (Å²) < 4.78 is 5.58. The van der Waals surface area contributed by atoms with Crippen LogP contribution in [-0.4, -0.2) is 41.2 Å². The van der Waals surface area contributed by atoms with E-state index in [9.17, 15) is 9.59 Å². The molecule has 21 heavy (non-hydrogen) atoms. The molecule has 0 radical (unpaired) electrons. The molecule has 0 spiro atoms. The smallest absolute Gasteiger partial charge is 0.337 e. The molecule has 0 saturated carbocycles. The van der Waals surface area contributed by atoms with Crippen LogP contribution in [0.1, 0.15) is 46.3 Å². The van der Waals surface area contributed by atoms with E-state index < -0.39 is 5.97 Å². The molecule has 1 saturated heterocycles. The number of aryl methyl sites for hydroxylation is 1. The monoisotopic (exact) mass is 292 g/mol. The van der Waals surface area contributed by atoms with Crippen LogP contribution >= 0.6 is 0 Å². The molecule has 1 fully saturated rings. The van der Waals surface area contributed by atoms with E-state index in [1.165, 1.54) is 12.1 Å². The van der Waals surface area contributed by atoms with Gasteiger partial charge in [0.2, 0.25) is 0 Å². The maximum absolute atomic E-state index is 12.1. The summed E-state index contributed by atoms with van der Waals surface area (Å²) in [5.41, 5.74) is 0.692. The Morgan fingerprint density at radius 2 is 2.24 bits per heavy atom. The summed E-state index contributed by atoms with van der Waals surface area (Å²) in [5.74, 6) is -0.990. The number of pyridine rings is 1. The third kappa shape index (κ3) is 3.58. The highest BCUT2D eigenvalue weighted by molar-refractivity contribution is 5.94. The van der Waals surface area contributed by atoms with Crippen molar-refractivity contribution in [3.8, 4) is 0 Å². The first-order chi connectivity index (χ1) is 10.0. The van der Waals surface area contributed by atoms with E-state index in [0.717, 1.165) is 19.4 Å². The lowest BCUT2D eigenvalue weighted by Gasteiger charge is -2.17. The topological polar surface area (TPSA) is 88.5 Å². The standard InChI is InChI=1S/C15H20N2O4/c1-3-13-10(6-7-21-13)8-16-14(18)12-5-4-11(15(19)20)9(2)17-12/h4-5,10,13H,3,6-8H2,1-2H3,(H,16,18)(H,19,20). The summed E-state index contributed by atoms with van der Waals surface area (Å²) in [6.07, 6.45) is 2.09. The van der Waals surface area contributed by atoms with E-state index in [-0.39, 0.29) is 23.3 Å². The highest BCUT2D eigenvalue weighted by Crippen LogP contribution is 2.22. The number of carboxylic acids is 1. The van der Waals surface area contributed by atoms with Gasteiger partial charge in [-0.15, -0.1) is 0 Å². The van der Waals surface area contributed by atoms with Crippen LogP contribution in [0.25, 0.3) is 0 Å². The van der Waals surface area contributed by atoms with E-state index in [1.807, 2.05) is 0 Å². The van der Waals surface area contributed by atoms with Gasteiger partial charge < -0.3 is 15.2 Å². The number of carboxylic acid groups (broad SMARTS) is 1. The second-order valence-corrected chi connectivity index (χ2v) is 5.21. The highest BCUT2D eigenvalue weighted by atomic mass is 16.5. The second kappa shape index (κ2) is 6.67. The lowest BCUT2D eigenvalue weighted by molar-refractivity contribution is 0.0694. The van der Waals surface area contributed by atoms with Gasteiger partial charge >= 0.3 is 5.97 Å². The maximum atomic E-state index is 12.1. The van der Waals surface area contributed by atoms with E-state index in [2.05, 4.69) is 17.2 Å². The summed E-state index contributed by atoms with van der Waals surface area (Å²) in [7, 11) is 0. The predicted molar refractivity (Wildman–Crippen MR) is 76.4 cm³/mol. The molecule has 2 rings (SSSR count). The number of aromatic nitrogens is 1. The zero-order valence-electron chi connectivity index (χ0n) is 12.3. The van der Waals surface area contributed by atoms with Gasteiger partial charge in [-0.25, -0.2) is 9.78 Å². The maximum Gasteiger partial charge on any atom is 0.337 e. The molecule has 2 N–H and O–H groups in total. The molecular formula is C15H20N2O4. The van der Waals surface area contributed by atoms with Crippen LogP contribution in [0, 0.1) is 12.8 Å². The molecule has 6 heteroatoms. The zero-order chi connectivity index (χ0) is 15.4. The van der Waals surface area contributed by atoms with Crippen molar-refractivity contribution < 1.29 is 19.4 Å². The van der Waals surface area contributed by atoms with Gasteiger partial charge in [0.05, 0.1) is 17.4 Å². The average Bonchev–Trinajstić information content (AvgIpc) is 2.91. The van der Waals surface area contributed by atoms with Crippen molar-refractivity contribution in [3.63, 3.8) is 0 Å². The van der Waals surface area contributed by atoms with E-state index >= 15 is 0 Å². The first-order valence-electron chi connectivity index (χ1n) is 7.13. The van der Waals surface area contributed by atoms with Crippen molar-refractivity contribution in [1.82, 2.24) is 10.3 Å². The van der Waals surface area contributed by atoms with Crippen molar-refractivity contribution >= 4 is 11.9 Å². The van der Waals surface area contributed by atoms with Crippen molar-refractivity contribution in [2.24, 2.45) is 5.92 Å². The van der Waals surface area contributed by atoms with Crippen LogP contribution < -0.4 is 5.32 Å². The fourth-order valence-electron chi connectivity index (χ4n) is 2.61. The van der Waals surface area contributed by atoms with Crippen molar-refractivity contribution in [2.45, 2.75) is 32.8 Å². The molecular weight excluding hydrogens is 272 g/mol. The molecule has 6 nitrogen and oxygen atoms in total. The Labute approximate surface area is 123 Å². The number of nitrogens with zero attached hydrogens (tertiary/aromatic N) is 1. The fraction of sp³-hybridized carbons (Fsp3) is 0.533. The second-order valence-electron chi connectivity index (χ2n) is 5.21. The molecule has 2 heterocycles. The largest absolute Gasteiger partial charge is 0.478 e. The zero-order valence-corrected chi connectivity index (χ0v) is 12.3. The first-order valence-corrected chi connectivity index (χ1v) is 7.13. The summed E-state index contributed by atoms with van der Waals surface area (Å²) in [6, 6.07) is 2.85. The third-order valence-electron chi connectivity index (χ3n) is 3.82. The van der Waals surface area contributed by atoms with Gasteiger partial charge in [0.1, 0.15) is 5.69 Å². The molecule has 1 aliphatic heterocycles. The number of aromatic carboxylic acids is 1. The molecule has 1 aromatic rings. The number of hydrogen-bond donors (Lipinski definition) is 2. The van der Waals surface area contributed by atoms with Crippen molar-refractivity contribution in [1.29, 1.82) is 0 Å². The molecule has 0 aliphatic carbocycles. The number of carbonyl (C=O) groups excluding carboxylic acids is 1. The highest BCUT2D eigenvalue weighted by Gasteiger charge is 2.27. The Bertz CT molecular complexity index is 544. The summed E-state index contributed by atoms with van der Waals surface area (Å²) >= 11 is 0. The van der Waals surface area contributed by atoms with E-state index in [4.69, 9.17) is 9.84 Å². The van der Waals surface area contributed by atoms with Crippen molar-refractivity contribution in [2.75, 3.05) is 13.2 Å². The number of carbonyl (C=O) groups is 2. The Balaban J connectivity index is 1.97. The molecule has 0 bridgehead atoms.